The van der Waals surface area contributed by atoms with Gasteiger partial charge in [-0.2, -0.15) is 0 Å². The van der Waals surface area contributed by atoms with Crippen molar-refractivity contribution in [2.75, 3.05) is 6.61 Å². The molecule has 1 aromatic carbocycles. The molecule has 3 atom stereocenters. The molecule has 20 heavy (non-hydrogen) atoms. The second-order valence-corrected chi connectivity index (χ2v) is 6.90. The molecule has 0 aromatic heterocycles. The predicted octanol–water partition coefficient (Wildman–Crippen LogP) is 4.76. The van der Waals surface area contributed by atoms with Gasteiger partial charge in [-0.3, -0.25) is 0 Å². The Morgan fingerprint density at radius 1 is 1.20 bits per heavy atom. The van der Waals surface area contributed by atoms with E-state index in [1.807, 2.05) is 24.3 Å². The first kappa shape index (κ1) is 15.8. The van der Waals surface area contributed by atoms with Gasteiger partial charge in [-0.05, 0) is 61.8 Å². The van der Waals surface area contributed by atoms with E-state index >= 15 is 0 Å². The second kappa shape index (κ2) is 8.04. The Bertz CT molecular complexity index is 392. The molecule has 0 amide bonds. The summed E-state index contributed by atoms with van der Waals surface area (Å²) in [7, 11) is 0. The minimum Gasteiger partial charge on any atom is -0.494 e. The van der Waals surface area contributed by atoms with Gasteiger partial charge < -0.3 is 10.5 Å². The van der Waals surface area contributed by atoms with Crippen molar-refractivity contribution in [1.82, 2.24) is 0 Å². The molecule has 3 heteroatoms. The maximum absolute atomic E-state index is 6.27. The van der Waals surface area contributed by atoms with Crippen LogP contribution in [0.4, 0.5) is 0 Å². The summed E-state index contributed by atoms with van der Waals surface area (Å²) in [6.07, 6.45) is 7.53. The number of hydrogen-bond acceptors (Lipinski definition) is 2. The average molecular weight is 340 g/mol. The van der Waals surface area contributed by atoms with Gasteiger partial charge in [0.25, 0.3) is 0 Å². The molecule has 2 N–H and O–H groups in total. The van der Waals surface area contributed by atoms with Crippen molar-refractivity contribution in [3.63, 3.8) is 0 Å². The molecular formula is C17H26BrNO. The predicted molar refractivity (Wildman–Crippen MR) is 88.0 cm³/mol. The molecule has 0 aliphatic heterocycles. The molecule has 2 rings (SSSR count). The van der Waals surface area contributed by atoms with E-state index in [4.69, 9.17) is 10.5 Å². The van der Waals surface area contributed by atoms with Crippen LogP contribution in [0.5, 0.6) is 5.75 Å². The summed E-state index contributed by atoms with van der Waals surface area (Å²) in [5, 5.41) is 0. The molecular weight excluding hydrogens is 314 g/mol. The van der Waals surface area contributed by atoms with E-state index in [0.717, 1.165) is 29.2 Å². The number of benzene rings is 1. The normalized spacial score (nSPS) is 26.4. The SMILES string of the molecule is CCCC1CCC(N)C(CCOc2ccc(Br)cc2)C1. The fourth-order valence-electron chi connectivity index (χ4n) is 3.25. The highest BCUT2D eigenvalue weighted by Crippen LogP contribution is 2.33. The Morgan fingerprint density at radius 3 is 2.65 bits per heavy atom. The van der Waals surface area contributed by atoms with Crippen LogP contribution < -0.4 is 10.5 Å². The van der Waals surface area contributed by atoms with Crippen LogP contribution >= 0.6 is 15.9 Å². The zero-order chi connectivity index (χ0) is 14.4. The van der Waals surface area contributed by atoms with Gasteiger partial charge in [-0.15, -0.1) is 0 Å². The molecule has 0 saturated heterocycles. The van der Waals surface area contributed by atoms with Gasteiger partial charge >= 0.3 is 0 Å². The lowest BCUT2D eigenvalue weighted by molar-refractivity contribution is 0.182. The molecule has 1 aromatic rings. The second-order valence-electron chi connectivity index (χ2n) is 5.98. The van der Waals surface area contributed by atoms with E-state index in [-0.39, 0.29) is 0 Å². The number of halogens is 1. The van der Waals surface area contributed by atoms with Gasteiger partial charge in [-0.1, -0.05) is 35.7 Å². The van der Waals surface area contributed by atoms with Gasteiger partial charge in [0.1, 0.15) is 5.75 Å². The number of hydrogen-bond donors (Lipinski definition) is 1. The maximum atomic E-state index is 6.27. The maximum Gasteiger partial charge on any atom is 0.119 e. The molecule has 0 radical (unpaired) electrons. The fourth-order valence-corrected chi connectivity index (χ4v) is 3.51. The number of nitrogens with two attached hydrogens (primary N) is 1. The van der Waals surface area contributed by atoms with Gasteiger partial charge in [0, 0.05) is 10.5 Å². The molecule has 1 aliphatic carbocycles. The van der Waals surface area contributed by atoms with Crippen LogP contribution in [0.3, 0.4) is 0 Å². The van der Waals surface area contributed by atoms with Gasteiger partial charge in [0.2, 0.25) is 0 Å². The number of ether oxygens (including phenoxy) is 1. The highest BCUT2D eigenvalue weighted by molar-refractivity contribution is 9.10. The third kappa shape index (κ3) is 4.78. The molecule has 3 unspecified atom stereocenters. The third-order valence-electron chi connectivity index (χ3n) is 4.42. The third-order valence-corrected chi connectivity index (χ3v) is 4.95. The molecule has 1 saturated carbocycles. The molecule has 0 heterocycles. The first-order valence-electron chi connectivity index (χ1n) is 7.83. The van der Waals surface area contributed by atoms with Gasteiger partial charge in [0.15, 0.2) is 0 Å². The standard InChI is InChI=1S/C17H26BrNO/c1-2-3-13-4-9-17(19)14(12-13)10-11-20-16-7-5-15(18)6-8-16/h5-8,13-14,17H,2-4,9-12,19H2,1H3. The van der Waals surface area contributed by atoms with Crippen LogP contribution in [0.2, 0.25) is 0 Å². The molecule has 1 aliphatic rings. The van der Waals surface area contributed by atoms with E-state index in [2.05, 4.69) is 22.9 Å². The first-order chi connectivity index (χ1) is 9.69. The minimum atomic E-state index is 0.372. The summed E-state index contributed by atoms with van der Waals surface area (Å²) >= 11 is 3.43. The topological polar surface area (TPSA) is 35.2 Å². The van der Waals surface area contributed by atoms with Crippen molar-refractivity contribution < 1.29 is 4.74 Å². The first-order valence-corrected chi connectivity index (χ1v) is 8.62. The van der Waals surface area contributed by atoms with Crippen molar-refractivity contribution in [1.29, 1.82) is 0 Å². The van der Waals surface area contributed by atoms with Gasteiger partial charge in [-0.25, -0.2) is 0 Å². The summed E-state index contributed by atoms with van der Waals surface area (Å²) < 4.78 is 6.92. The Labute approximate surface area is 131 Å². The monoisotopic (exact) mass is 339 g/mol. The number of rotatable bonds is 6. The van der Waals surface area contributed by atoms with E-state index in [0.29, 0.717) is 12.0 Å². The summed E-state index contributed by atoms with van der Waals surface area (Å²) in [5.41, 5.74) is 6.27. The van der Waals surface area contributed by atoms with Crippen LogP contribution in [0.15, 0.2) is 28.7 Å². The van der Waals surface area contributed by atoms with Crippen LogP contribution in [0.25, 0.3) is 0 Å². The molecule has 0 bridgehead atoms. The Hall–Kier alpha value is -0.540. The van der Waals surface area contributed by atoms with Crippen molar-refractivity contribution in [3.8, 4) is 5.75 Å². The Morgan fingerprint density at radius 2 is 1.95 bits per heavy atom. The van der Waals surface area contributed by atoms with Crippen molar-refractivity contribution in [2.45, 2.75) is 51.5 Å². The average Bonchev–Trinajstić information content (AvgIpc) is 2.45. The highest BCUT2D eigenvalue weighted by Gasteiger charge is 2.27. The van der Waals surface area contributed by atoms with Crippen LogP contribution in [-0.2, 0) is 0 Å². The van der Waals surface area contributed by atoms with E-state index in [9.17, 15) is 0 Å². The van der Waals surface area contributed by atoms with Crippen molar-refractivity contribution in [3.05, 3.63) is 28.7 Å². The van der Waals surface area contributed by atoms with Crippen LogP contribution in [-0.4, -0.2) is 12.6 Å². The minimum absolute atomic E-state index is 0.372. The Kier molecular flexibility index (Phi) is 6.37. The highest BCUT2D eigenvalue weighted by atomic mass is 79.9. The molecule has 2 nitrogen and oxygen atoms in total. The van der Waals surface area contributed by atoms with Gasteiger partial charge in [0.05, 0.1) is 6.61 Å². The quantitative estimate of drug-likeness (QED) is 0.810. The Balaban J connectivity index is 1.75. The largest absolute Gasteiger partial charge is 0.494 e. The van der Waals surface area contributed by atoms with E-state index in [1.54, 1.807) is 0 Å². The summed E-state index contributed by atoms with van der Waals surface area (Å²) in [5.74, 6) is 2.47. The van der Waals surface area contributed by atoms with E-state index < -0.39 is 0 Å². The zero-order valence-corrected chi connectivity index (χ0v) is 13.9. The summed E-state index contributed by atoms with van der Waals surface area (Å²) in [6, 6.07) is 8.41. The lowest BCUT2D eigenvalue weighted by Crippen LogP contribution is -2.37. The van der Waals surface area contributed by atoms with Crippen molar-refractivity contribution >= 4 is 15.9 Å². The van der Waals surface area contributed by atoms with Crippen LogP contribution in [0.1, 0.15) is 45.4 Å². The van der Waals surface area contributed by atoms with Crippen molar-refractivity contribution in [2.24, 2.45) is 17.6 Å². The fraction of sp³-hybridized carbons (Fsp3) is 0.647. The molecule has 1 fully saturated rings. The molecule has 0 spiro atoms. The summed E-state index contributed by atoms with van der Waals surface area (Å²) in [6.45, 7) is 3.05. The molecule has 112 valence electrons. The van der Waals surface area contributed by atoms with Crippen LogP contribution in [0, 0.1) is 11.8 Å². The summed E-state index contributed by atoms with van der Waals surface area (Å²) in [4.78, 5) is 0. The lowest BCUT2D eigenvalue weighted by atomic mass is 9.75. The lowest BCUT2D eigenvalue weighted by Gasteiger charge is -2.34. The zero-order valence-electron chi connectivity index (χ0n) is 12.4. The van der Waals surface area contributed by atoms with E-state index in [1.165, 1.54) is 32.1 Å². The smallest absolute Gasteiger partial charge is 0.119 e.